The largest absolute Gasteiger partial charge is 0.387 e. The molecule has 2 aromatic rings. The molecule has 0 fully saturated rings. The highest BCUT2D eigenvalue weighted by Crippen LogP contribution is 2.29. The fraction of sp³-hybridized carbons (Fsp3) is 0.200. The number of anilines is 1. The molecule has 0 aliphatic carbocycles. The Balaban J connectivity index is 2.05. The van der Waals surface area contributed by atoms with Gasteiger partial charge in [-0.2, -0.15) is 0 Å². The minimum absolute atomic E-state index is 0.433. The third kappa shape index (κ3) is 3.72. The summed E-state index contributed by atoms with van der Waals surface area (Å²) in [5.41, 5.74) is 2.79. The van der Waals surface area contributed by atoms with Crippen molar-refractivity contribution < 1.29 is 5.11 Å². The third-order valence-corrected chi connectivity index (χ3v) is 3.98. The van der Waals surface area contributed by atoms with Crippen molar-refractivity contribution in [3.63, 3.8) is 0 Å². The fourth-order valence-corrected chi connectivity index (χ4v) is 2.54. The number of halogens is 2. The lowest BCUT2D eigenvalue weighted by molar-refractivity contribution is 0.191. The number of benzene rings is 2. The average Bonchev–Trinajstić information content (AvgIpc) is 2.42. The van der Waals surface area contributed by atoms with E-state index < -0.39 is 6.10 Å². The number of aliphatic hydroxyl groups excluding tert-OH is 1. The summed E-state index contributed by atoms with van der Waals surface area (Å²) in [6, 6.07) is 13.4. The molecule has 0 heterocycles. The van der Waals surface area contributed by atoms with Crippen LogP contribution in [0.3, 0.4) is 0 Å². The Morgan fingerprint density at radius 1 is 1.26 bits per heavy atom. The zero-order chi connectivity index (χ0) is 13.8. The lowest BCUT2D eigenvalue weighted by Crippen LogP contribution is -2.12. The average molecular weight is 341 g/mol. The summed E-state index contributed by atoms with van der Waals surface area (Å²) < 4.78 is 0.940. The van der Waals surface area contributed by atoms with Gasteiger partial charge in [-0.05, 0) is 46.1 Å². The zero-order valence-electron chi connectivity index (χ0n) is 10.5. The molecule has 0 radical (unpaired) electrons. The smallest absolute Gasteiger partial charge is 0.0962 e. The van der Waals surface area contributed by atoms with Gasteiger partial charge in [-0.1, -0.05) is 41.9 Å². The van der Waals surface area contributed by atoms with Gasteiger partial charge in [-0.15, -0.1) is 0 Å². The van der Waals surface area contributed by atoms with Crippen LogP contribution in [0.4, 0.5) is 5.69 Å². The van der Waals surface area contributed by atoms with Crippen molar-refractivity contribution in [3.05, 3.63) is 63.1 Å². The Labute approximate surface area is 126 Å². The van der Waals surface area contributed by atoms with E-state index in [1.165, 1.54) is 0 Å². The van der Waals surface area contributed by atoms with Gasteiger partial charge in [0.05, 0.1) is 11.8 Å². The molecule has 1 unspecified atom stereocenters. The van der Waals surface area contributed by atoms with Crippen LogP contribution >= 0.6 is 27.5 Å². The summed E-state index contributed by atoms with van der Waals surface area (Å²) >= 11 is 9.58. The second kappa shape index (κ2) is 6.42. The van der Waals surface area contributed by atoms with Crippen LogP contribution in [-0.2, 0) is 0 Å². The van der Waals surface area contributed by atoms with Crippen molar-refractivity contribution in [2.24, 2.45) is 0 Å². The van der Waals surface area contributed by atoms with E-state index >= 15 is 0 Å². The van der Waals surface area contributed by atoms with Crippen LogP contribution in [0, 0.1) is 6.92 Å². The first-order valence-corrected chi connectivity index (χ1v) is 7.17. The first-order valence-electron chi connectivity index (χ1n) is 6.00. The van der Waals surface area contributed by atoms with Crippen LogP contribution in [-0.4, -0.2) is 11.7 Å². The molecular weight excluding hydrogens is 326 g/mol. The molecule has 2 N–H and O–H groups in total. The van der Waals surface area contributed by atoms with Gasteiger partial charge in [0.25, 0.3) is 0 Å². The highest BCUT2D eigenvalue weighted by atomic mass is 79.9. The zero-order valence-corrected chi connectivity index (χ0v) is 12.9. The molecule has 0 bridgehead atoms. The SMILES string of the molecule is Cc1cc(Br)c(NCC(O)c2ccccc2)cc1Cl. The molecule has 0 aliphatic heterocycles. The molecule has 0 amide bonds. The van der Waals surface area contributed by atoms with Crippen molar-refractivity contribution in [3.8, 4) is 0 Å². The lowest BCUT2D eigenvalue weighted by Gasteiger charge is -2.15. The number of hydrogen-bond acceptors (Lipinski definition) is 2. The maximum atomic E-state index is 10.1. The van der Waals surface area contributed by atoms with Gasteiger partial charge in [0.15, 0.2) is 0 Å². The monoisotopic (exact) mass is 339 g/mol. The summed E-state index contributed by atoms with van der Waals surface area (Å²) in [6.07, 6.45) is -0.548. The van der Waals surface area contributed by atoms with Crippen LogP contribution < -0.4 is 5.32 Å². The van der Waals surface area contributed by atoms with Crippen molar-refractivity contribution in [1.82, 2.24) is 0 Å². The summed E-state index contributed by atoms with van der Waals surface area (Å²) in [6.45, 7) is 2.39. The second-order valence-corrected chi connectivity index (χ2v) is 5.65. The van der Waals surface area contributed by atoms with Gasteiger partial charge in [0, 0.05) is 16.0 Å². The predicted octanol–water partition coefficient (Wildman–Crippen LogP) is 4.56. The van der Waals surface area contributed by atoms with Gasteiger partial charge >= 0.3 is 0 Å². The molecule has 0 saturated heterocycles. The van der Waals surface area contributed by atoms with Gasteiger partial charge < -0.3 is 10.4 Å². The van der Waals surface area contributed by atoms with E-state index in [1.807, 2.05) is 49.4 Å². The molecule has 2 nitrogen and oxygen atoms in total. The van der Waals surface area contributed by atoms with E-state index in [0.29, 0.717) is 11.6 Å². The van der Waals surface area contributed by atoms with E-state index in [2.05, 4.69) is 21.2 Å². The molecule has 2 aromatic carbocycles. The molecule has 0 aromatic heterocycles. The number of rotatable bonds is 4. The molecule has 0 spiro atoms. The first kappa shape index (κ1) is 14.4. The normalized spacial score (nSPS) is 12.2. The molecule has 4 heteroatoms. The number of nitrogens with one attached hydrogen (secondary N) is 1. The van der Waals surface area contributed by atoms with E-state index in [1.54, 1.807) is 0 Å². The number of aryl methyl sites for hydroxylation is 1. The minimum Gasteiger partial charge on any atom is -0.387 e. The van der Waals surface area contributed by atoms with Crippen molar-refractivity contribution in [2.45, 2.75) is 13.0 Å². The maximum absolute atomic E-state index is 10.1. The first-order chi connectivity index (χ1) is 9.08. The molecule has 19 heavy (non-hydrogen) atoms. The number of aliphatic hydroxyl groups is 1. The Morgan fingerprint density at radius 3 is 2.63 bits per heavy atom. The van der Waals surface area contributed by atoms with Crippen molar-refractivity contribution in [1.29, 1.82) is 0 Å². The van der Waals surface area contributed by atoms with Crippen LogP contribution in [0.1, 0.15) is 17.2 Å². The topological polar surface area (TPSA) is 32.3 Å². The Morgan fingerprint density at radius 2 is 1.95 bits per heavy atom. The van der Waals surface area contributed by atoms with E-state index in [0.717, 1.165) is 21.3 Å². The van der Waals surface area contributed by atoms with E-state index in [-0.39, 0.29) is 0 Å². The highest BCUT2D eigenvalue weighted by Gasteiger charge is 2.09. The number of hydrogen-bond donors (Lipinski definition) is 2. The van der Waals surface area contributed by atoms with Gasteiger partial charge in [0.1, 0.15) is 0 Å². The summed E-state index contributed by atoms with van der Waals surface area (Å²) in [7, 11) is 0. The Bertz CT molecular complexity index is 560. The highest BCUT2D eigenvalue weighted by molar-refractivity contribution is 9.10. The van der Waals surface area contributed by atoms with Crippen molar-refractivity contribution in [2.75, 3.05) is 11.9 Å². The van der Waals surface area contributed by atoms with Gasteiger partial charge in [-0.3, -0.25) is 0 Å². The van der Waals surface area contributed by atoms with E-state index in [9.17, 15) is 5.11 Å². The maximum Gasteiger partial charge on any atom is 0.0962 e. The Hall–Kier alpha value is -1.03. The summed E-state index contributed by atoms with van der Waals surface area (Å²) in [4.78, 5) is 0. The standard InChI is InChI=1S/C15H15BrClNO/c1-10-7-12(16)14(8-13(10)17)18-9-15(19)11-5-3-2-4-6-11/h2-8,15,18-19H,9H2,1H3. The van der Waals surface area contributed by atoms with Gasteiger partial charge in [0.2, 0.25) is 0 Å². The Kier molecular flexibility index (Phi) is 4.86. The van der Waals surface area contributed by atoms with Crippen LogP contribution in [0.2, 0.25) is 5.02 Å². The van der Waals surface area contributed by atoms with Crippen LogP contribution in [0.15, 0.2) is 46.9 Å². The summed E-state index contributed by atoms with van der Waals surface area (Å²) in [5.74, 6) is 0. The van der Waals surface area contributed by atoms with Crippen LogP contribution in [0.25, 0.3) is 0 Å². The minimum atomic E-state index is -0.548. The lowest BCUT2D eigenvalue weighted by atomic mass is 10.1. The quantitative estimate of drug-likeness (QED) is 0.855. The van der Waals surface area contributed by atoms with Gasteiger partial charge in [-0.25, -0.2) is 0 Å². The van der Waals surface area contributed by atoms with Crippen molar-refractivity contribution >= 4 is 33.2 Å². The van der Waals surface area contributed by atoms with E-state index in [4.69, 9.17) is 11.6 Å². The fourth-order valence-electron chi connectivity index (χ4n) is 1.78. The molecular formula is C15H15BrClNO. The molecule has 1 atom stereocenters. The van der Waals surface area contributed by atoms with Crippen LogP contribution in [0.5, 0.6) is 0 Å². The third-order valence-electron chi connectivity index (χ3n) is 2.92. The molecule has 2 rings (SSSR count). The molecule has 0 saturated carbocycles. The predicted molar refractivity (Wildman–Crippen MR) is 83.8 cm³/mol. The summed E-state index contributed by atoms with van der Waals surface area (Å²) in [5, 5.41) is 14.0. The molecule has 0 aliphatic rings. The molecule has 100 valence electrons. The second-order valence-electron chi connectivity index (χ2n) is 4.39.